The summed E-state index contributed by atoms with van der Waals surface area (Å²) in [5.74, 6) is 0.160. The lowest BCUT2D eigenvalue weighted by atomic mass is 10.0. The second kappa shape index (κ2) is 7.60. The first-order chi connectivity index (χ1) is 12.0. The second-order valence-corrected chi connectivity index (χ2v) is 7.15. The normalized spacial score (nSPS) is 18.4. The standard InChI is InChI=1S/C19H29N3O3/c1-4-25-19(24)21-9-7-15(8-10-21)20-12-18(23)17-11-13(2)22(14(17)3)16-5-6-16/h11,15-16,20H,4-10,12H2,1-3H3. The number of carbonyl (C=O) groups is 2. The van der Waals surface area contributed by atoms with E-state index in [1.54, 1.807) is 4.90 Å². The molecule has 2 aliphatic rings. The first-order valence-electron chi connectivity index (χ1n) is 9.38. The van der Waals surface area contributed by atoms with Crippen LogP contribution in [0.1, 0.15) is 60.4 Å². The highest BCUT2D eigenvalue weighted by molar-refractivity contribution is 5.99. The zero-order chi connectivity index (χ0) is 18.0. The fourth-order valence-corrected chi connectivity index (χ4v) is 3.77. The molecule has 3 rings (SSSR count). The predicted molar refractivity (Wildman–Crippen MR) is 96.1 cm³/mol. The Morgan fingerprint density at radius 2 is 1.88 bits per heavy atom. The summed E-state index contributed by atoms with van der Waals surface area (Å²) in [6, 6.07) is 2.91. The van der Waals surface area contributed by atoms with E-state index in [2.05, 4.69) is 23.7 Å². The van der Waals surface area contributed by atoms with Gasteiger partial charge in [0.05, 0.1) is 13.2 Å². The van der Waals surface area contributed by atoms with Crippen molar-refractivity contribution in [2.75, 3.05) is 26.2 Å². The first kappa shape index (κ1) is 18.0. The van der Waals surface area contributed by atoms with E-state index in [9.17, 15) is 9.59 Å². The number of carbonyl (C=O) groups excluding carboxylic acids is 2. The van der Waals surface area contributed by atoms with Crippen LogP contribution in [0.3, 0.4) is 0 Å². The Kier molecular flexibility index (Phi) is 5.47. The summed E-state index contributed by atoms with van der Waals surface area (Å²) in [4.78, 5) is 26.1. The van der Waals surface area contributed by atoms with Crippen LogP contribution in [0.4, 0.5) is 4.79 Å². The van der Waals surface area contributed by atoms with Gasteiger partial charge in [-0.2, -0.15) is 0 Å². The number of ether oxygens (including phenoxy) is 1. The zero-order valence-corrected chi connectivity index (χ0v) is 15.5. The molecular formula is C19H29N3O3. The highest BCUT2D eigenvalue weighted by atomic mass is 16.6. The Morgan fingerprint density at radius 1 is 1.20 bits per heavy atom. The highest BCUT2D eigenvalue weighted by Gasteiger charge is 2.29. The molecule has 0 unspecified atom stereocenters. The molecular weight excluding hydrogens is 318 g/mol. The number of nitrogens with zero attached hydrogens (tertiary/aromatic N) is 2. The van der Waals surface area contributed by atoms with E-state index >= 15 is 0 Å². The van der Waals surface area contributed by atoms with E-state index < -0.39 is 0 Å². The van der Waals surface area contributed by atoms with Gasteiger partial charge in [0.2, 0.25) is 0 Å². The van der Waals surface area contributed by atoms with Crippen molar-refractivity contribution >= 4 is 11.9 Å². The number of Topliss-reactive ketones (excluding diaryl/α,β-unsaturated/α-hetero) is 1. The van der Waals surface area contributed by atoms with Crippen molar-refractivity contribution in [2.24, 2.45) is 0 Å². The molecule has 1 saturated carbocycles. The van der Waals surface area contributed by atoms with Crippen LogP contribution in [0.15, 0.2) is 6.07 Å². The Balaban J connectivity index is 1.49. The molecule has 0 aromatic carbocycles. The number of hydrogen-bond acceptors (Lipinski definition) is 4. The third-order valence-electron chi connectivity index (χ3n) is 5.27. The summed E-state index contributed by atoms with van der Waals surface area (Å²) in [6.07, 6.45) is 3.92. The quantitative estimate of drug-likeness (QED) is 0.804. The van der Waals surface area contributed by atoms with Crippen LogP contribution in [0.2, 0.25) is 0 Å². The van der Waals surface area contributed by atoms with E-state index in [1.807, 2.05) is 13.0 Å². The summed E-state index contributed by atoms with van der Waals surface area (Å²) in [6.45, 7) is 8.08. The van der Waals surface area contributed by atoms with Crippen LogP contribution in [-0.2, 0) is 4.74 Å². The molecule has 1 amide bonds. The van der Waals surface area contributed by atoms with Crippen molar-refractivity contribution in [3.63, 3.8) is 0 Å². The van der Waals surface area contributed by atoms with Crippen LogP contribution >= 0.6 is 0 Å². The van der Waals surface area contributed by atoms with Gasteiger partial charge in [-0.05, 0) is 52.5 Å². The minimum absolute atomic E-state index is 0.160. The number of nitrogens with one attached hydrogen (secondary N) is 1. The predicted octanol–water partition coefficient (Wildman–Crippen LogP) is 2.83. The van der Waals surface area contributed by atoms with Crippen LogP contribution in [0, 0.1) is 13.8 Å². The van der Waals surface area contributed by atoms with E-state index in [0.29, 0.717) is 32.3 Å². The maximum atomic E-state index is 12.6. The smallest absolute Gasteiger partial charge is 0.409 e. The van der Waals surface area contributed by atoms with E-state index in [-0.39, 0.29) is 17.9 Å². The minimum Gasteiger partial charge on any atom is -0.450 e. The van der Waals surface area contributed by atoms with Gasteiger partial charge in [-0.1, -0.05) is 0 Å². The van der Waals surface area contributed by atoms with Crippen molar-refractivity contribution in [1.82, 2.24) is 14.8 Å². The van der Waals surface area contributed by atoms with Gasteiger partial charge < -0.3 is 19.5 Å². The first-order valence-corrected chi connectivity index (χ1v) is 9.38. The number of amides is 1. The van der Waals surface area contributed by atoms with Crippen LogP contribution in [0.5, 0.6) is 0 Å². The van der Waals surface area contributed by atoms with Crippen molar-refractivity contribution in [3.8, 4) is 0 Å². The molecule has 25 heavy (non-hydrogen) atoms. The molecule has 138 valence electrons. The summed E-state index contributed by atoms with van der Waals surface area (Å²) in [5.41, 5.74) is 3.14. The molecule has 2 heterocycles. The number of likely N-dealkylation sites (tertiary alicyclic amines) is 1. The fourth-order valence-electron chi connectivity index (χ4n) is 3.77. The zero-order valence-electron chi connectivity index (χ0n) is 15.5. The molecule has 1 saturated heterocycles. The number of aryl methyl sites for hydroxylation is 1. The molecule has 0 atom stereocenters. The molecule has 1 aliphatic carbocycles. The van der Waals surface area contributed by atoms with Crippen molar-refractivity contribution < 1.29 is 14.3 Å². The molecule has 1 aromatic heterocycles. The average Bonchev–Trinajstić information content (AvgIpc) is 3.38. The Hall–Kier alpha value is -1.82. The van der Waals surface area contributed by atoms with Gasteiger partial charge >= 0.3 is 6.09 Å². The Morgan fingerprint density at radius 3 is 2.48 bits per heavy atom. The average molecular weight is 347 g/mol. The van der Waals surface area contributed by atoms with Crippen LogP contribution in [-0.4, -0.2) is 53.6 Å². The minimum atomic E-state index is -0.232. The largest absolute Gasteiger partial charge is 0.450 e. The Bertz CT molecular complexity index is 641. The van der Waals surface area contributed by atoms with Crippen molar-refractivity contribution in [3.05, 3.63) is 23.0 Å². The molecule has 2 fully saturated rings. The molecule has 0 spiro atoms. The third kappa shape index (κ3) is 4.06. The third-order valence-corrected chi connectivity index (χ3v) is 5.27. The SMILES string of the molecule is CCOC(=O)N1CCC(NCC(=O)c2cc(C)n(C3CC3)c2C)CC1. The molecule has 1 aromatic rings. The number of ketones is 1. The molecule has 1 aliphatic heterocycles. The van der Waals surface area contributed by atoms with Gasteiger partial charge in [0.1, 0.15) is 0 Å². The van der Waals surface area contributed by atoms with Gasteiger partial charge in [-0.3, -0.25) is 4.79 Å². The van der Waals surface area contributed by atoms with Gasteiger partial charge in [0.15, 0.2) is 5.78 Å². The van der Waals surface area contributed by atoms with Gasteiger partial charge in [0, 0.05) is 42.1 Å². The topological polar surface area (TPSA) is 63.6 Å². The molecule has 0 bridgehead atoms. The lowest BCUT2D eigenvalue weighted by Gasteiger charge is -2.31. The lowest BCUT2D eigenvalue weighted by Crippen LogP contribution is -2.46. The number of hydrogen-bond donors (Lipinski definition) is 1. The highest BCUT2D eigenvalue weighted by Crippen LogP contribution is 2.38. The second-order valence-electron chi connectivity index (χ2n) is 7.15. The Labute approximate surface area is 149 Å². The molecule has 1 N–H and O–H groups in total. The number of rotatable bonds is 6. The monoisotopic (exact) mass is 347 g/mol. The number of piperidine rings is 1. The van der Waals surface area contributed by atoms with Gasteiger partial charge in [-0.25, -0.2) is 4.79 Å². The summed E-state index contributed by atoms with van der Waals surface area (Å²) in [5, 5.41) is 3.37. The van der Waals surface area contributed by atoms with Crippen molar-refractivity contribution in [2.45, 2.75) is 58.5 Å². The van der Waals surface area contributed by atoms with Gasteiger partial charge in [-0.15, -0.1) is 0 Å². The van der Waals surface area contributed by atoms with E-state index in [1.165, 1.54) is 18.5 Å². The maximum absolute atomic E-state index is 12.6. The van der Waals surface area contributed by atoms with Crippen LogP contribution < -0.4 is 5.32 Å². The van der Waals surface area contributed by atoms with E-state index in [0.717, 1.165) is 24.1 Å². The fraction of sp³-hybridized carbons (Fsp3) is 0.684. The summed E-state index contributed by atoms with van der Waals surface area (Å²) in [7, 11) is 0. The lowest BCUT2D eigenvalue weighted by molar-refractivity contribution is 0.0913. The van der Waals surface area contributed by atoms with Crippen LogP contribution in [0.25, 0.3) is 0 Å². The molecule has 6 heteroatoms. The molecule has 0 radical (unpaired) electrons. The van der Waals surface area contributed by atoms with Gasteiger partial charge in [0.25, 0.3) is 0 Å². The van der Waals surface area contributed by atoms with Crippen molar-refractivity contribution in [1.29, 1.82) is 0 Å². The molecule has 6 nitrogen and oxygen atoms in total. The maximum Gasteiger partial charge on any atom is 0.409 e. The van der Waals surface area contributed by atoms with E-state index in [4.69, 9.17) is 4.74 Å². The summed E-state index contributed by atoms with van der Waals surface area (Å²) < 4.78 is 7.34. The summed E-state index contributed by atoms with van der Waals surface area (Å²) >= 11 is 0. The number of aromatic nitrogens is 1.